The van der Waals surface area contributed by atoms with Crippen LogP contribution in [0.1, 0.15) is 19.2 Å². The first-order chi connectivity index (χ1) is 14.3. The Bertz CT molecular complexity index is 1300. The summed E-state index contributed by atoms with van der Waals surface area (Å²) in [5.41, 5.74) is 2.23. The molecule has 0 aliphatic heterocycles. The summed E-state index contributed by atoms with van der Waals surface area (Å²) in [6.07, 6.45) is 0.900. The van der Waals surface area contributed by atoms with Crippen molar-refractivity contribution in [3.8, 4) is 11.4 Å². The van der Waals surface area contributed by atoms with Gasteiger partial charge in [0.2, 0.25) is 21.7 Å². The number of thioether (sulfide) groups is 1. The first kappa shape index (κ1) is 20.9. The first-order valence-corrected chi connectivity index (χ1v) is 12.0. The Labute approximate surface area is 182 Å². The standard InChI is InChI=1S/C19H18ClN5O3S2/c1-2-9-25-16-8-7-14(30(21,26)27)10-15(16)22-19(25)29-11-17-23-18(24-28-17)12-3-5-13(20)6-4-12/h3-8,10H,2,9,11H2,1H3,(H2,21,26,27). The van der Waals surface area contributed by atoms with Gasteiger partial charge in [-0.05, 0) is 48.9 Å². The Morgan fingerprint density at radius 1 is 1.17 bits per heavy atom. The number of aryl methyl sites for hydroxylation is 1. The molecule has 156 valence electrons. The van der Waals surface area contributed by atoms with Gasteiger partial charge < -0.3 is 9.09 Å². The quantitative estimate of drug-likeness (QED) is 0.410. The number of hydrogen-bond donors (Lipinski definition) is 1. The van der Waals surface area contributed by atoms with Crippen molar-refractivity contribution in [2.45, 2.75) is 35.7 Å². The molecule has 0 saturated heterocycles. The zero-order valence-electron chi connectivity index (χ0n) is 15.9. The molecule has 0 aliphatic rings. The van der Waals surface area contributed by atoms with Gasteiger partial charge in [0.15, 0.2) is 5.16 Å². The Morgan fingerprint density at radius 3 is 2.63 bits per heavy atom. The highest BCUT2D eigenvalue weighted by Gasteiger charge is 2.16. The fraction of sp³-hybridized carbons (Fsp3) is 0.211. The third-order valence-electron chi connectivity index (χ3n) is 4.36. The minimum atomic E-state index is -3.79. The van der Waals surface area contributed by atoms with Crippen LogP contribution in [0.15, 0.2) is 57.0 Å². The second-order valence-electron chi connectivity index (χ2n) is 6.55. The molecule has 2 aromatic heterocycles. The minimum Gasteiger partial charge on any atom is -0.338 e. The van der Waals surface area contributed by atoms with Crippen LogP contribution in [0.2, 0.25) is 5.02 Å². The van der Waals surface area contributed by atoms with Crippen LogP contribution >= 0.6 is 23.4 Å². The SMILES string of the molecule is CCCn1c(SCc2nc(-c3ccc(Cl)cc3)no2)nc2cc(S(N)(=O)=O)ccc21. The molecule has 11 heteroatoms. The molecule has 0 bridgehead atoms. The Balaban J connectivity index is 1.59. The van der Waals surface area contributed by atoms with Crippen LogP contribution < -0.4 is 5.14 Å². The molecule has 2 aromatic carbocycles. The van der Waals surface area contributed by atoms with Crippen LogP contribution in [-0.4, -0.2) is 28.1 Å². The Hall–Kier alpha value is -2.40. The number of fused-ring (bicyclic) bond motifs is 1. The van der Waals surface area contributed by atoms with Gasteiger partial charge in [0.1, 0.15) is 0 Å². The third kappa shape index (κ3) is 4.36. The van der Waals surface area contributed by atoms with E-state index < -0.39 is 10.0 Å². The lowest BCUT2D eigenvalue weighted by molar-refractivity contribution is 0.391. The number of nitrogens with zero attached hydrogens (tertiary/aromatic N) is 4. The highest BCUT2D eigenvalue weighted by atomic mass is 35.5. The summed E-state index contributed by atoms with van der Waals surface area (Å²) >= 11 is 7.36. The molecule has 0 fully saturated rings. The topological polar surface area (TPSA) is 117 Å². The van der Waals surface area contributed by atoms with Crippen LogP contribution in [-0.2, 0) is 22.3 Å². The predicted molar refractivity (Wildman–Crippen MR) is 116 cm³/mol. The average Bonchev–Trinajstić information content (AvgIpc) is 3.31. The molecular weight excluding hydrogens is 446 g/mol. The molecule has 0 saturated carbocycles. The van der Waals surface area contributed by atoms with Gasteiger partial charge in [-0.15, -0.1) is 0 Å². The number of benzene rings is 2. The van der Waals surface area contributed by atoms with E-state index in [-0.39, 0.29) is 4.90 Å². The summed E-state index contributed by atoms with van der Waals surface area (Å²) in [7, 11) is -3.79. The fourth-order valence-electron chi connectivity index (χ4n) is 2.97. The number of aromatic nitrogens is 4. The largest absolute Gasteiger partial charge is 0.338 e. The van der Waals surface area contributed by atoms with Gasteiger partial charge in [-0.3, -0.25) is 0 Å². The highest BCUT2D eigenvalue weighted by molar-refractivity contribution is 7.98. The van der Waals surface area contributed by atoms with Gasteiger partial charge in [-0.2, -0.15) is 4.98 Å². The Kier molecular flexibility index (Phi) is 5.83. The molecule has 0 spiro atoms. The summed E-state index contributed by atoms with van der Waals surface area (Å²) in [5.74, 6) is 1.38. The maximum atomic E-state index is 11.6. The number of nitrogens with two attached hydrogens (primary N) is 1. The molecule has 4 aromatic rings. The maximum Gasteiger partial charge on any atom is 0.238 e. The molecule has 0 aliphatic carbocycles. The third-order valence-corrected chi connectivity index (χ3v) is 6.48. The summed E-state index contributed by atoms with van der Waals surface area (Å²) in [6, 6.07) is 11.9. The summed E-state index contributed by atoms with van der Waals surface area (Å²) in [6.45, 7) is 2.81. The number of rotatable bonds is 7. The second kappa shape index (κ2) is 8.38. The fourth-order valence-corrected chi connectivity index (χ4v) is 4.51. The van der Waals surface area contributed by atoms with Gasteiger partial charge in [0.05, 0.1) is 21.7 Å². The normalized spacial score (nSPS) is 12.0. The molecule has 0 amide bonds. The molecule has 2 heterocycles. The summed E-state index contributed by atoms with van der Waals surface area (Å²) in [4.78, 5) is 9.06. The van der Waals surface area contributed by atoms with E-state index in [0.29, 0.717) is 28.0 Å². The lowest BCUT2D eigenvalue weighted by atomic mass is 10.2. The lowest BCUT2D eigenvalue weighted by Crippen LogP contribution is -2.11. The van der Waals surface area contributed by atoms with Gasteiger partial charge >= 0.3 is 0 Å². The monoisotopic (exact) mass is 463 g/mol. The van der Waals surface area contributed by atoms with E-state index in [1.54, 1.807) is 18.2 Å². The van der Waals surface area contributed by atoms with E-state index in [1.165, 1.54) is 23.9 Å². The molecular formula is C19H18ClN5O3S2. The van der Waals surface area contributed by atoms with Crippen molar-refractivity contribution in [2.75, 3.05) is 0 Å². The number of primary sulfonamides is 1. The molecule has 4 rings (SSSR count). The number of sulfonamides is 1. The van der Waals surface area contributed by atoms with Crippen molar-refractivity contribution in [3.63, 3.8) is 0 Å². The molecule has 8 nitrogen and oxygen atoms in total. The molecule has 30 heavy (non-hydrogen) atoms. The van der Waals surface area contributed by atoms with E-state index in [2.05, 4.69) is 22.0 Å². The zero-order chi connectivity index (χ0) is 21.3. The van der Waals surface area contributed by atoms with E-state index in [9.17, 15) is 8.42 Å². The molecule has 2 N–H and O–H groups in total. The van der Waals surface area contributed by atoms with Crippen molar-refractivity contribution < 1.29 is 12.9 Å². The first-order valence-electron chi connectivity index (χ1n) is 9.09. The summed E-state index contributed by atoms with van der Waals surface area (Å²) < 4.78 is 30.7. The lowest BCUT2D eigenvalue weighted by Gasteiger charge is -2.06. The molecule has 0 radical (unpaired) electrons. The van der Waals surface area contributed by atoms with Gasteiger partial charge in [-0.1, -0.05) is 35.4 Å². The number of imidazole rings is 1. The van der Waals surface area contributed by atoms with Crippen molar-refractivity contribution in [1.29, 1.82) is 0 Å². The maximum absolute atomic E-state index is 11.6. The van der Waals surface area contributed by atoms with E-state index in [4.69, 9.17) is 21.3 Å². The molecule has 0 atom stereocenters. The van der Waals surface area contributed by atoms with Crippen molar-refractivity contribution in [3.05, 3.63) is 53.4 Å². The van der Waals surface area contributed by atoms with Crippen LogP contribution in [0.3, 0.4) is 0 Å². The average molecular weight is 464 g/mol. The second-order valence-corrected chi connectivity index (χ2v) is 9.49. The van der Waals surface area contributed by atoms with Crippen LogP contribution in [0.4, 0.5) is 0 Å². The molecule has 0 unspecified atom stereocenters. The van der Waals surface area contributed by atoms with Gasteiger partial charge in [0, 0.05) is 17.1 Å². The van der Waals surface area contributed by atoms with E-state index in [0.717, 1.165) is 29.2 Å². The van der Waals surface area contributed by atoms with Crippen LogP contribution in [0, 0.1) is 0 Å². The zero-order valence-corrected chi connectivity index (χ0v) is 18.3. The minimum absolute atomic E-state index is 0.0391. The van der Waals surface area contributed by atoms with Crippen molar-refractivity contribution >= 4 is 44.4 Å². The smallest absolute Gasteiger partial charge is 0.238 e. The van der Waals surface area contributed by atoms with E-state index >= 15 is 0 Å². The Morgan fingerprint density at radius 2 is 1.93 bits per heavy atom. The number of halogens is 1. The van der Waals surface area contributed by atoms with Gasteiger partial charge in [-0.25, -0.2) is 18.5 Å². The van der Waals surface area contributed by atoms with Crippen molar-refractivity contribution in [1.82, 2.24) is 19.7 Å². The van der Waals surface area contributed by atoms with Crippen LogP contribution in [0.25, 0.3) is 22.4 Å². The highest BCUT2D eigenvalue weighted by Crippen LogP contribution is 2.29. The van der Waals surface area contributed by atoms with Gasteiger partial charge in [0.25, 0.3) is 0 Å². The predicted octanol–water partition coefficient (Wildman–Crippen LogP) is 4.09. The van der Waals surface area contributed by atoms with Crippen LogP contribution in [0.5, 0.6) is 0 Å². The number of hydrogen-bond acceptors (Lipinski definition) is 7. The van der Waals surface area contributed by atoms with Crippen molar-refractivity contribution in [2.24, 2.45) is 5.14 Å². The van der Waals surface area contributed by atoms with E-state index in [1.807, 2.05) is 16.7 Å². The summed E-state index contributed by atoms with van der Waals surface area (Å²) in [5, 5.41) is 10.6.